The lowest BCUT2D eigenvalue weighted by Gasteiger charge is -2.04. The number of benzene rings is 1. The third kappa shape index (κ3) is 2.59. The summed E-state index contributed by atoms with van der Waals surface area (Å²) in [5.74, 6) is 2.22. The predicted octanol–water partition coefficient (Wildman–Crippen LogP) is 2.00. The minimum Gasteiger partial charge on any atom is -0.493 e. The number of nitrogens with two attached hydrogens (primary N) is 1. The molecule has 0 amide bonds. The Bertz CT molecular complexity index is 560. The summed E-state index contributed by atoms with van der Waals surface area (Å²) in [5.41, 5.74) is 8.00. The summed E-state index contributed by atoms with van der Waals surface area (Å²) in [6.07, 6.45) is 0.890. The van der Waals surface area contributed by atoms with E-state index in [4.69, 9.17) is 10.5 Å². The van der Waals surface area contributed by atoms with Gasteiger partial charge in [-0.2, -0.15) is 0 Å². The van der Waals surface area contributed by atoms with Crippen molar-refractivity contribution in [2.75, 3.05) is 13.2 Å². The summed E-state index contributed by atoms with van der Waals surface area (Å²) in [7, 11) is 0. The minimum atomic E-state index is 0.669. The van der Waals surface area contributed by atoms with Crippen LogP contribution in [0.25, 0.3) is 11.0 Å². The second kappa shape index (κ2) is 6.06. The summed E-state index contributed by atoms with van der Waals surface area (Å²) < 4.78 is 10.4. The lowest BCUT2D eigenvalue weighted by atomic mass is 10.3. The van der Waals surface area contributed by atoms with Gasteiger partial charge in [0.1, 0.15) is 5.75 Å². The molecule has 0 saturated heterocycles. The molecule has 0 fully saturated rings. The first-order valence-electron chi connectivity index (χ1n) is 7.08. The van der Waals surface area contributed by atoms with Gasteiger partial charge in [-0.3, -0.25) is 0 Å². The van der Waals surface area contributed by atoms with Gasteiger partial charge >= 0.3 is 0 Å². The highest BCUT2D eigenvalue weighted by molar-refractivity contribution is 5.74. The zero-order valence-electron chi connectivity index (χ0n) is 12.1. The van der Waals surface area contributed by atoms with E-state index in [-0.39, 0.29) is 0 Å². The zero-order valence-corrected chi connectivity index (χ0v) is 12.1. The molecule has 1 aromatic carbocycles. The van der Waals surface area contributed by atoms with Crippen LogP contribution in [0, 0.1) is 6.92 Å². The molecule has 0 saturated carbocycles. The molecule has 4 heteroatoms. The van der Waals surface area contributed by atoms with E-state index in [1.807, 2.05) is 6.07 Å². The molecule has 19 heavy (non-hydrogen) atoms. The molecule has 104 valence electrons. The van der Waals surface area contributed by atoms with E-state index in [2.05, 4.69) is 42.0 Å². The molecule has 2 N–H and O–H groups in total. The number of rotatable bonds is 6. The fraction of sp³-hybridized carbons (Fsp3) is 0.533. The highest BCUT2D eigenvalue weighted by atomic mass is 16.5. The second-order valence-electron chi connectivity index (χ2n) is 4.68. The number of imidazole rings is 1. The molecule has 2 aromatic rings. The van der Waals surface area contributed by atoms with Crippen molar-refractivity contribution in [3.05, 3.63) is 24.0 Å². The van der Waals surface area contributed by atoms with Crippen molar-refractivity contribution in [2.45, 2.75) is 40.3 Å². The zero-order chi connectivity index (χ0) is 13.8. The van der Waals surface area contributed by atoms with Crippen LogP contribution in [0.4, 0.5) is 0 Å². The van der Waals surface area contributed by atoms with E-state index in [1.54, 1.807) is 0 Å². The van der Waals surface area contributed by atoms with Gasteiger partial charge in [-0.25, -0.2) is 9.13 Å². The molecular weight excluding hydrogens is 238 g/mol. The van der Waals surface area contributed by atoms with Gasteiger partial charge in [-0.05, 0) is 38.9 Å². The predicted molar refractivity (Wildman–Crippen MR) is 77.4 cm³/mol. The lowest BCUT2D eigenvalue weighted by molar-refractivity contribution is -0.674. The van der Waals surface area contributed by atoms with E-state index in [9.17, 15) is 0 Å². The van der Waals surface area contributed by atoms with Crippen LogP contribution in [0.5, 0.6) is 5.75 Å². The third-order valence-electron chi connectivity index (χ3n) is 3.56. The highest BCUT2D eigenvalue weighted by Crippen LogP contribution is 2.21. The molecule has 0 aliphatic rings. The van der Waals surface area contributed by atoms with E-state index in [0.29, 0.717) is 13.2 Å². The molecule has 0 atom stereocenters. The number of nitrogens with zero attached hydrogens (tertiary/aromatic N) is 2. The van der Waals surface area contributed by atoms with Crippen LogP contribution >= 0.6 is 0 Å². The molecule has 1 heterocycles. The van der Waals surface area contributed by atoms with Gasteiger partial charge in [-0.15, -0.1) is 0 Å². The topological polar surface area (TPSA) is 44.1 Å². The largest absolute Gasteiger partial charge is 0.493 e. The lowest BCUT2D eigenvalue weighted by Crippen LogP contribution is -2.34. The van der Waals surface area contributed by atoms with Crippen LogP contribution in [0.1, 0.15) is 26.1 Å². The van der Waals surface area contributed by atoms with Crippen molar-refractivity contribution in [3.63, 3.8) is 0 Å². The summed E-state index contributed by atoms with van der Waals surface area (Å²) in [4.78, 5) is 0. The molecule has 0 bridgehead atoms. The Morgan fingerprint density at radius 3 is 2.74 bits per heavy atom. The molecule has 0 unspecified atom stereocenters. The standard InChI is InChI=1S/C15H24N3O/c1-4-17-12(3)18(5-2)15-11-13(7-8-14(15)17)19-10-6-9-16/h7-8,11H,4-6,9-10,16H2,1-3H3/q+1. The van der Waals surface area contributed by atoms with Gasteiger partial charge in [0.2, 0.25) is 0 Å². The SMILES string of the molecule is CCn1c(C)[n+](CC)c2ccc(OCCCN)cc21. The summed E-state index contributed by atoms with van der Waals surface area (Å²) in [6, 6.07) is 6.33. The van der Waals surface area contributed by atoms with Crippen LogP contribution in [0.2, 0.25) is 0 Å². The van der Waals surface area contributed by atoms with E-state index in [1.165, 1.54) is 16.9 Å². The fourth-order valence-electron chi connectivity index (χ4n) is 2.60. The van der Waals surface area contributed by atoms with Crippen LogP contribution < -0.4 is 15.0 Å². The number of ether oxygens (including phenoxy) is 1. The molecule has 0 radical (unpaired) electrons. The molecular formula is C15H24N3O+. The summed E-state index contributed by atoms with van der Waals surface area (Å²) in [5, 5.41) is 0. The molecule has 1 aromatic heterocycles. The molecule has 0 aliphatic carbocycles. The molecule has 0 spiro atoms. The van der Waals surface area contributed by atoms with Crippen molar-refractivity contribution in [3.8, 4) is 5.75 Å². The van der Waals surface area contributed by atoms with Crippen molar-refractivity contribution < 1.29 is 9.30 Å². The number of fused-ring (bicyclic) bond motifs is 1. The summed E-state index contributed by atoms with van der Waals surface area (Å²) in [6.45, 7) is 9.84. The number of aryl methyl sites for hydroxylation is 2. The quantitative estimate of drug-likeness (QED) is 0.639. The van der Waals surface area contributed by atoms with Crippen LogP contribution in [-0.4, -0.2) is 17.7 Å². The molecule has 0 aliphatic heterocycles. The fourth-order valence-corrected chi connectivity index (χ4v) is 2.60. The average Bonchev–Trinajstić information content (AvgIpc) is 2.69. The van der Waals surface area contributed by atoms with Gasteiger partial charge in [-0.1, -0.05) is 0 Å². The third-order valence-corrected chi connectivity index (χ3v) is 3.56. The maximum atomic E-state index is 5.73. The average molecular weight is 262 g/mol. The smallest absolute Gasteiger partial charge is 0.254 e. The Hall–Kier alpha value is -1.55. The van der Waals surface area contributed by atoms with Crippen molar-refractivity contribution in [1.29, 1.82) is 0 Å². The van der Waals surface area contributed by atoms with Crippen LogP contribution in [0.15, 0.2) is 18.2 Å². The maximum Gasteiger partial charge on any atom is 0.254 e. The Morgan fingerprint density at radius 2 is 2.11 bits per heavy atom. The van der Waals surface area contributed by atoms with E-state index >= 15 is 0 Å². The second-order valence-corrected chi connectivity index (χ2v) is 4.68. The monoisotopic (exact) mass is 262 g/mol. The van der Waals surface area contributed by atoms with Crippen molar-refractivity contribution >= 4 is 11.0 Å². The Kier molecular flexibility index (Phi) is 4.43. The minimum absolute atomic E-state index is 0.669. The summed E-state index contributed by atoms with van der Waals surface area (Å²) >= 11 is 0. The van der Waals surface area contributed by atoms with Crippen molar-refractivity contribution in [1.82, 2.24) is 4.57 Å². The first-order valence-corrected chi connectivity index (χ1v) is 7.08. The number of hydrogen-bond acceptors (Lipinski definition) is 2. The van der Waals surface area contributed by atoms with E-state index in [0.717, 1.165) is 25.3 Å². The molecule has 4 nitrogen and oxygen atoms in total. The highest BCUT2D eigenvalue weighted by Gasteiger charge is 2.19. The van der Waals surface area contributed by atoms with Crippen LogP contribution in [-0.2, 0) is 13.1 Å². The Labute approximate surface area is 114 Å². The number of hydrogen-bond donors (Lipinski definition) is 1. The normalized spacial score (nSPS) is 11.2. The van der Waals surface area contributed by atoms with Gasteiger partial charge < -0.3 is 10.5 Å². The van der Waals surface area contributed by atoms with Gasteiger partial charge in [0.05, 0.1) is 19.7 Å². The Balaban J connectivity index is 2.41. The van der Waals surface area contributed by atoms with Gasteiger partial charge in [0, 0.05) is 13.0 Å². The first kappa shape index (κ1) is 13.9. The van der Waals surface area contributed by atoms with Gasteiger partial charge in [0.15, 0.2) is 11.0 Å². The van der Waals surface area contributed by atoms with Crippen molar-refractivity contribution in [2.24, 2.45) is 5.73 Å². The Morgan fingerprint density at radius 1 is 1.32 bits per heavy atom. The van der Waals surface area contributed by atoms with Crippen LogP contribution in [0.3, 0.4) is 0 Å². The molecule has 2 rings (SSSR count). The van der Waals surface area contributed by atoms with Gasteiger partial charge in [0.25, 0.3) is 5.82 Å². The maximum absolute atomic E-state index is 5.73. The van der Waals surface area contributed by atoms with E-state index < -0.39 is 0 Å². The first-order chi connectivity index (χ1) is 9.22. The number of aromatic nitrogens is 2.